The summed E-state index contributed by atoms with van der Waals surface area (Å²) in [5.74, 6) is -0.827. The molecule has 16 nitrogen and oxygen atoms in total. The SMILES string of the molecule is CNCC(=O)N[C@@H](C)C(=O)N1[C@@H](S)CC(C)(C)[C@H]1C(=O)N[C@H]1c2ccccc2C[C@H]1OCCCCCCCCO[C@@H]1Cc2ccccc2[C@@H]1NC(=O)[C@H]1N2C(=O)[C@@H](NC(=O)[C@H](C)NC)CCS[C@H]2CC1(C)C. The van der Waals surface area contributed by atoms with E-state index in [0.717, 1.165) is 60.8 Å². The number of carbonyl (C=O) groups is 6. The van der Waals surface area contributed by atoms with Crippen molar-refractivity contribution in [1.29, 1.82) is 0 Å². The number of hydrogen-bond donors (Lipinski definition) is 7. The minimum atomic E-state index is -0.824. The van der Waals surface area contributed by atoms with E-state index in [1.807, 2.05) is 44.2 Å². The van der Waals surface area contributed by atoms with Crippen LogP contribution in [0.15, 0.2) is 48.5 Å². The first-order valence-corrected chi connectivity index (χ1v) is 27.8. The number of fused-ring (bicyclic) bond motifs is 3. The Kier molecular flexibility index (Phi) is 18.8. The van der Waals surface area contributed by atoms with Gasteiger partial charge >= 0.3 is 0 Å². The van der Waals surface area contributed by atoms with Gasteiger partial charge in [-0.15, -0.1) is 11.8 Å². The Morgan fingerprint density at radius 3 is 1.82 bits per heavy atom. The van der Waals surface area contributed by atoms with Gasteiger partial charge in [-0.3, -0.25) is 28.8 Å². The molecule has 0 radical (unpaired) electrons. The highest BCUT2D eigenvalue weighted by atomic mass is 32.2. The number of thiol groups is 1. The van der Waals surface area contributed by atoms with E-state index in [0.29, 0.717) is 51.1 Å². The average Bonchev–Trinajstić information content (AvgIpc) is 4.00. The van der Waals surface area contributed by atoms with Crippen LogP contribution in [-0.2, 0) is 51.1 Å². The molecule has 18 heteroatoms. The number of nitrogens with zero attached hydrogens (tertiary/aromatic N) is 2. The van der Waals surface area contributed by atoms with E-state index in [-0.39, 0.29) is 71.7 Å². The van der Waals surface area contributed by atoms with Gasteiger partial charge in [0, 0.05) is 26.1 Å². The molecule has 6 N–H and O–H groups in total. The van der Waals surface area contributed by atoms with Crippen LogP contribution in [0.5, 0.6) is 0 Å². The number of nitrogens with one attached hydrogen (secondary N) is 6. The molecular weight excluding hydrogens is 953 g/mol. The number of likely N-dealkylation sites (tertiary alicyclic amines) is 1. The summed E-state index contributed by atoms with van der Waals surface area (Å²) in [6.07, 6.45) is 8.47. The van der Waals surface area contributed by atoms with Gasteiger partial charge in [0.15, 0.2) is 0 Å². The number of amides is 6. The highest BCUT2D eigenvalue weighted by Gasteiger charge is 2.56. The number of rotatable bonds is 22. The highest BCUT2D eigenvalue weighted by Crippen LogP contribution is 2.47. The van der Waals surface area contributed by atoms with Crippen molar-refractivity contribution in [3.63, 3.8) is 0 Å². The molecule has 5 aliphatic rings. The van der Waals surface area contributed by atoms with Crippen molar-refractivity contribution in [1.82, 2.24) is 41.7 Å². The van der Waals surface area contributed by atoms with Crippen molar-refractivity contribution in [2.24, 2.45) is 10.8 Å². The molecule has 3 aliphatic heterocycles. The summed E-state index contributed by atoms with van der Waals surface area (Å²) in [5, 5.41) is 17.5. The van der Waals surface area contributed by atoms with Gasteiger partial charge in [0.05, 0.1) is 47.6 Å². The largest absolute Gasteiger partial charge is 0.375 e. The first-order chi connectivity index (χ1) is 34.4. The van der Waals surface area contributed by atoms with Gasteiger partial charge in [-0.25, -0.2) is 0 Å². The van der Waals surface area contributed by atoms with E-state index in [9.17, 15) is 28.8 Å². The molecule has 3 fully saturated rings. The summed E-state index contributed by atoms with van der Waals surface area (Å²) in [5.41, 5.74) is 3.31. The molecule has 0 unspecified atom stereocenters. The fraction of sp³-hybridized carbons (Fsp3) is 0.667. The molecule has 6 amide bonds. The predicted octanol–water partition coefficient (Wildman–Crippen LogP) is 4.71. The molecule has 3 heterocycles. The lowest BCUT2D eigenvalue weighted by molar-refractivity contribution is -0.144. The quantitative estimate of drug-likeness (QED) is 0.0637. The van der Waals surface area contributed by atoms with E-state index < -0.39 is 46.4 Å². The Labute approximate surface area is 436 Å². The summed E-state index contributed by atoms with van der Waals surface area (Å²) in [6.45, 7) is 12.7. The Balaban J connectivity index is 0.868. The second-order valence-corrected chi connectivity index (χ2v) is 23.8. The lowest BCUT2D eigenvalue weighted by Gasteiger charge is -2.35. The molecule has 2 aliphatic carbocycles. The van der Waals surface area contributed by atoms with Gasteiger partial charge in [0.2, 0.25) is 35.4 Å². The van der Waals surface area contributed by atoms with Crippen LogP contribution in [0.1, 0.15) is 134 Å². The van der Waals surface area contributed by atoms with Crippen LogP contribution in [0.4, 0.5) is 0 Å². The molecule has 2 aromatic rings. The minimum Gasteiger partial charge on any atom is -0.375 e. The molecule has 72 heavy (non-hydrogen) atoms. The van der Waals surface area contributed by atoms with Crippen molar-refractivity contribution < 1.29 is 38.2 Å². The van der Waals surface area contributed by atoms with E-state index in [1.165, 1.54) is 4.90 Å². The molecule has 3 saturated heterocycles. The lowest BCUT2D eigenvalue weighted by Crippen LogP contribution is -2.58. The van der Waals surface area contributed by atoms with Crippen LogP contribution in [0.3, 0.4) is 0 Å². The Hall–Kier alpha value is -4.20. The van der Waals surface area contributed by atoms with Crippen LogP contribution in [0.2, 0.25) is 0 Å². The Morgan fingerprint density at radius 1 is 0.736 bits per heavy atom. The van der Waals surface area contributed by atoms with Gasteiger partial charge in [-0.05, 0) is 98.9 Å². The van der Waals surface area contributed by atoms with Gasteiger partial charge in [0.25, 0.3) is 0 Å². The van der Waals surface area contributed by atoms with Crippen LogP contribution >= 0.6 is 24.4 Å². The molecule has 2 aromatic carbocycles. The third-order valence-electron chi connectivity index (χ3n) is 15.5. The van der Waals surface area contributed by atoms with Gasteiger partial charge < -0.3 is 51.2 Å². The summed E-state index contributed by atoms with van der Waals surface area (Å²) >= 11 is 6.44. The fourth-order valence-corrected chi connectivity index (χ4v) is 13.9. The first kappa shape index (κ1) is 55.5. The molecule has 0 aromatic heterocycles. The molecule has 11 atom stereocenters. The zero-order valence-electron chi connectivity index (χ0n) is 43.6. The molecular formula is C54H80N8O8S2. The number of thioether (sulfide) groups is 1. The van der Waals surface area contributed by atoms with E-state index >= 15 is 0 Å². The summed E-state index contributed by atoms with van der Waals surface area (Å²) in [4.78, 5) is 85.3. The monoisotopic (exact) mass is 1030 g/mol. The standard InChI is InChI=1S/C54H80N8O8S2/c1-32(56-8)48(64)58-38-23-26-72-43-30-54(5,6)47(62(43)52(38)68)50(66)60-45-37-22-16-14-20-35(37)28-40(45)70-25-18-12-10-9-11-17-24-69-39-27-34-19-13-15-21-36(34)44(39)59-49(65)46-53(3,4)29-42(71)61(46)51(67)33(2)57-41(63)31-55-7/h13-16,19-22,32-33,38-40,42-47,55-56,71H,9-12,17-18,23-31H2,1-8H3,(H,57,63)(H,58,64)(H,59,65)(H,60,66)/t32-,33-,38-,39+,40+,42-,43-,44-,45-,46+,47+/m0/s1. The number of carbonyl (C=O) groups excluding carboxylic acids is 6. The van der Waals surface area contributed by atoms with Crippen LogP contribution in [0.25, 0.3) is 0 Å². The van der Waals surface area contributed by atoms with Crippen LogP contribution in [-0.4, -0.2) is 138 Å². The molecule has 7 rings (SSSR count). The first-order valence-electron chi connectivity index (χ1n) is 26.2. The third kappa shape index (κ3) is 12.6. The van der Waals surface area contributed by atoms with E-state index in [2.05, 4.69) is 63.9 Å². The smallest absolute Gasteiger partial charge is 0.246 e. The van der Waals surface area contributed by atoms with Gasteiger partial charge in [-0.2, -0.15) is 12.6 Å². The van der Waals surface area contributed by atoms with Crippen LogP contribution in [0, 0.1) is 10.8 Å². The maximum absolute atomic E-state index is 14.5. The van der Waals surface area contributed by atoms with E-state index in [4.69, 9.17) is 22.1 Å². The number of unbranched alkanes of at least 4 members (excludes halogenated alkanes) is 5. The van der Waals surface area contributed by atoms with Crippen LogP contribution < -0.4 is 31.9 Å². The average molecular weight is 1030 g/mol. The normalized spacial score (nSPS) is 27.8. The Bertz CT molecular complexity index is 2270. The van der Waals surface area contributed by atoms with Crippen molar-refractivity contribution in [3.8, 4) is 0 Å². The van der Waals surface area contributed by atoms with Gasteiger partial charge in [-0.1, -0.05) is 102 Å². The summed E-state index contributed by atoms with van der Waals surface area (Å²) in [6, 6.07) is 12.1. The van der Waals surface area contributed by atoms with Crippen molar-refractivity contribution in [2.75, 3.05) is 39.6 Å². The Morgan fingerprint density at radius 2 is 1.26 bits per heavy atom. The second-order valence-electron chi connectivity index (χ2n) is 21.9. The molecule has 0 bridgehead atoms. The fourth-order valence-electron chi connectivity index (χ4n) is 11.6. The summed E-state index contributed by atoms with van der Waals surface area (Å²) < 4.78 is 13.1. The maximum atomic E-state index is 14.5. The van der Waals surface area contributed by atoms with Gasteiger partial charge in [0.1, 0.15) is 24.2 Å². The number of hydrogen-bond acceptors (Lipinski definition) is 12. The molecule has 0 spiro atoms. The number of ether oxygens (including phenoxy) is 2. The van der Waals surface area contributed by atoms with Crippen molar-refractivity contribution in [2.45, 2.75) is 177 Å². The lowest BCUT2D eigenvalue weighted by atomic mass is 9.83. The highest BCUT2D eigenvalue weighted by molar-refractivity contribution is 7.99. The maximum Gasteiger partial charge on any atom is 0.246 e. The number of benzene rings is 2. The number of likely N-dealkylation sites (N-methyl/N-ethyl adjacent to an activating group) is 2. The summed E-state index contributed by atoms with van der Waals surface area (Å²) in [7, 11) is 3.37. The minimum absolute atomic E-state index is 0.0768. The zero-order chi connectivity index (χ0) is 51.9. The predicted molar refractivity (Wildman–Crippen MR) is 283 cm³/mol. The van der Waals surface area contributed by atoms with E-state index in [1.54, 1.807) is 44.6 Å². The van der Waals surface area contributed by atoms with Crippen molar-refractivity contribution in [3.05, 3.63) is 70.8 Å². The topological polar surface area (TPSA) is 200 Å². The molecule has 0 saturated carbocycles. The van der Waals surface area contributed by atoms with Crippen molar-refractivity contribution >= 4 is 59.8 Å². The molecule has 396 valence electrons. The zero-order valence-corrected chi connectivity index (χ0v) is 45.3. The third-order valence-corrected chi connectivity index (χ3v) is 17.2. The second kappa shape index (κ2) is 24.4.